The molecule has 2 N–H and O–H groups in total. The first kappa shape index (κ1) is 13.6. The van der Waals surface area contributed by atoms with Crippen molar-refractivity contribution in [3.8, 4) is 11.1 Å². The summed E-state index contributed by atoms with van der Waals surface area (Å²) >= 11 is 5.99. The summed E-state index contributed by atoms with van der Waals surface area (Å²) in [4.78, 5) is 8.63. The molecule has 0 bridgehead atoms. The molecule has 0 saturated heterocycles. The van der Waals surface area contributed by atoms with Gasteiger partial charge in [-0.2, -0.15) is 0 Å². The number of hydrogen-bond acceptors (Lipinski definition) is 3. The van der Waals surface area contributed by atoms with Crippen LogP contribution in [0.5, 0.6) is 0 Å². The van der Waals surface area contributed by atoms with Gasteiger partial charge in [-0.25, -0.2) is 9.97 Å². The van der Waals surface area contributed by atoms with Crippen LogP contribution in [0.1, 0.15) is 19.3 Å². The van der Waals surface area contributed by atoms with Gasteiger partial charge >= 0.3 is 0 Å². The van der Waals surface area contributed by atoms with Gasteiger partial charge in [0, 0.05) is 23.3 Å². The van der Waals surface area contributed by atoms with Crippen molar-refractivity contribution in [1.82, 2.24) is 14.5 Å². The molecule has 0 spiro atoms. The van der Waals surface area contributed by atoms with Gasteiger partial charge in [-0.05, 0) is 36.5 Å². The molecule has 2 aromatic heterocycles. The lowest BCUT2D eigenvalue weighted by Gasteiger charge is -2.25. The lowest BCUT2D eigenvalue weighted by molar-refractivity contribution is 0.279. The van der Waals surface area contributed by atoms with E-state index in [0.717, 1.165) is 39.6 Å². The molecule has 0 atom stereocenters. The number of aromatic nitrogens is 3. The quantitative estimate of drug-likeness (QED) is 0.791. The first-order valence-electron chi connectivity index (χ1n) is 7.57. The summed E-state index contributed by atoms with van der Waals surface area (Å²) < 4.78 is 2.22. The Morgan fingerprint density at radius 3 is 2.64 bits per heavy atom. The Kier molecular flexibility index (Phi) is 3.26. The number of anilines is 1. The van der Waals surface area contributed by atoms with Crippen molar-refractivity contribution >= 4 is 28.5 Å². The van der Waals surface area contributed by atoms with E-state index in [4.69, 9.17) is 17.3 Å². The van der Waals surface area contributed by atoms with E-state index < -0.39 is 0 Å². The normalized spacial score (nSPS) is 15.1. The van der Waals surface area contributed by atoms with Gasteiger partial charge in [0.05, 0.1) is 5.39 Å². The molecule has 3 aromatic rings. The second-order valence-corrected chi connectivity index (χ2v) is 6.39. The minimum atomic E-state index is 0.530. The van der Waals surface area contributed by atoms with Gasteiger partial charge in [0.2, 0.25) is 0 Å². The summed E-state index contributed by atoms with van der Waals surface area (Å²) in [6.45, 7) is 1.00. The van der Waals surface area contributed by atoms with Crippen molar-refractivity contribution in [2.45, 2.75) is 25.8 Å². The number of halogens is 1. The Morgan fingerprint density at radius 2 is 1.95 bits per heavy atom. The number of benzene rings is 1. The first-order valence-corrected chi connectivity index (χ1v) is 7.95. The van der Waals surface area contributed by atoms with Crippen LogP contribution in [0.25, 0.3) is 22.2 Å². The number of rotatable bonds is 3. The number of nitrogens with zero attached hydrogens (tertiary/aromatic N) is 3. The van der Waals surface area contributed by atoms with Gasteiger partial charge in [-0.3, -0.25) is 0 Å². The van der Waals surface area contributed by atoms with Crippen LogP contribution in [-0.4, -0.2) is 14.5 Å². The molecule has 0 amide bonds. The first-order chi connectivity index (χ1) is 10.7. The highest BCUT2D eigenvalue weighted by molar-refractivity contribution is 6.30. The molecule has 0 radical (unpaired) electrons. The second-order valence-electron chi connectivity index (χ2n) is 5.96. The second kappa shape index (κ2) is 5.29. The van der Waals surface area contributed by atoms with E-state index in [1.165, 1.54) is 19.3 Å². The van der Waals surface area contributed by atoms with Crippen molar-refractivity contribution in [2.24, 2.45) is 5.92 Å². The Balaban J connectivity index is 1.87. The van der Waals surface area contributed by atoms with Crippen LogP contribution in [0.2, 0.25) is 5.02 Å². The summed E-state index contributed by atoms with van der Waals surface area (Å²) in [7, 11) is 0. The average Bonchev–Trinajstić information content (AvgIpc) is 2.84. The Bertz CT molecular complexity index is 819. The Morgan fingerprint density at radius 1 is 1.18 bits per heavy atom. The summed E-state index contributed by atoms with van der Waals surface area (Å²) in [6.07, 6.45) is 7.63. The van der Waals surface area contributed by atoms with Gasteiger partial charge in [0.15, 0.2) is 0 Å². The minimum Gasteiger partial charge on any atom is -0.383 e. The monoisotopic (exact) mass is 312 g/mol. The largest absolute Gasteiger partial charge is 0.383 e. The molecule has 0 unspecified atom stereocenters. The molecule has 5 heteroatoms. The molecule has 112 valence electrons. The van der Waals surface area contributed by atoms with E-state index >= 15 is 0 Å². The van der Waals surface area contributed by atoms with Gasteiger partial charge in [0.1, 0.15) is 17.8 Å². The fourth-order valence-electron chi connectivity index (χ4n) is 3.09. The topological polar surface area (TPSA) is 56.7 Å². The van der Waals surface area contributed by atoms with E-state index in [0.29, 0.717) is 5.82 Å². The zero-order valence-corrected chi connectivity index (χ0v) is 12.9. The Labute approximate surface area is 133 Å². The van der Waals surface area contributed by atoms with Crippen molar-refractivity contribution in [3.05, 3.63) is 41.8 Å². The molecule has 22 heavy (non-hydrogen) atoms. The molecule has 2 heterocycles. The standard InChI is InChI=1S/C17H17ClN4/c18-13-6-4-12(5-7-13)14-9-22(8-11-2-1-3-11)17-15(14)16(19)20-10-21-17/h4-7,9-11H,1-3,8H2,(H2,19,20,21). The highest BCUT2D eigenvalue weighted by Crippen LogP contribution is 2.35. The van der Waals surface area contributed by atoms with Crippen LogP contribution < -0.4 is 5.73 Å². The molecule has 1 fully saturated rings. The van der Waals surface area contributed by atoms with Crippen molar-refractivity contribution < 1.29 is 0 Å². The van der Waals surface area contributed by atoms with Crippen LogP contribution in [0.4, 0.5) is 5.82 Å². The predicted octanol–water partition coefficient (Wildman–Crippen LogP) is 4.13. The highest BCUT2D eigenvalue weighted by atomic mass is 35.5. The maximum Gasteiger partial charge on any atom is 0.146 e. The molecule has 4 rings (SSSR count). The molecule has 1 aliphatic carbocycles. The molecular formula is C17H17ClN4. The molecule has 1 saturated carbocycles. The number of nitrogen functional groups attached to an aromatic ring is 1. The SMILES string of the molecule is Nc1ncnc2c1c(-c1ccc(Cl)cc1)cn2CC1CCC1. The predicted molar refractivity (Wildman–Crippen MR) is 89.7 cm³/mol. The lowest BCUT2D eigenvalue weighted by Crippen LogP contribution is -2.17. The third-order valence-corrected chi connectivity index (χ3v) is 4.77. The molecule has 0 aliphatic heterocycles. The van der Waals surface area contributed by atoms with Crippen molar-refractivity contribution in [2.75, 3.05) is 5.73 Å². The van der Waals surface area contributed by atoms with Gasteiger partial charge in [-0.15, -0.1) is 0 Å². The smallest absolute Gasteiger partial charge is 0.146 e. The molecule has 1 aromatic carbocycles. The number of hydrogen-bond donors (Lipinski definition) is 1. The third kappa shape index (κ3) is 2.24. The van der Waals surface area contributed by atoms with Crippen LogP contribution in [0.3, 0.4) is 0 Å². The average molecular weight is 313 g/mol. The van der Waals surface area contributed by atoms with Crippen molar-refractivity contribution in [3.63, 3.8) is 0 Å². The molecule has 4 nitrogen and oxygen atoms in total. The molecule has 1 aliphatic rings. The summed E-state index contributed by atoms with van der Waals surface area (Å²) in [5.41, 5.74) is 9.20. The minimum absolute atomic E-state index is 0.530. The van der Waals surface area contributed by atoms with E-state index in [1.54, 1.807) is 6.33 Å². The number of fused-ring (bicyclic) bond motifs is 1. The van der Waals surface area contributed by atoms with E-state index in [9.17, 15) is 0 Å². The lowest BCUT2D eigenvalue weighted by atomic mass is 9.85. The maximum absolute atomic E-state index is 6.12. The van der Waals surface area contributed by atoms with Crippen molar-refractivity contribution in [1.29, 1.82) is 0 Å². The summed E-state index contributed by atoms with van der Waals surface area (Å²) in [5.74, 6) is 1.28. The van der Waals surface area contributed by atoms with Gasteiger partial charge in [0.25, 0.3) is 0 Å². The zero-order chi connectivity index (χ0) is 15.1. The fourth-order valence-corrected chi connectivity index (χ4v) is 3.21. The summed E-state index contributed by atoms with van der Waals surface area (Å²) in [5, 5.41) is 1.66. The fraction of sp³-hybridized carbons (Fsp3) is 0.294. The van der Waals surface area contributed by atoms with Crippen LogP contribution >= 0.6 is 11.6 Å². The van der Waals surface area contributed by atoms with Crippen LogP contribution in [0, 0.1) is 5.92 Å². The van der Waals surface area contributed by atoms with E-state index in [2.05, 4.69) is 20.7 Å². The maximum atomic E-state index is 6.12. The Hall–Kier alpha value is -2.07. The van der Waals surface area contributed by atoms with Crippen LogP contribution in [-0.2, 0) is 6.54 Å². The van der Waals surface area contributed by atoms with Gasteiger partial charge < -0.3 is 10.3 Å². The third-order valence-electron chi connectivity index (χ3n) is 4.52. The van der Waals surface area contributed by atoms with E-state index in [-0.39, 0.29) is 0 Å². The molecular weight excluding hydrogens is 296 g/mol. The van der Waals surface area contributed by atoms with E-state index in [1.807, 2.05) is 24.3 Å². The van der Waals surface area contributed by atoms with Crippen LogP contribution in [0.15, 0.2) is 36.8 Å². The van der Waals surface area contributed by atoms with Gasteiger partial charge in [-0.1, -0.05) is 30.2 Å². The highest BCUT2D eigenvalue weighted by Gasteiger charge is 2.21. The number of nitrogens with two attached hydrogens (primary N) is 1. The summed E-state index contributed by atoms with van der Waals surface area (Å²) in [6, 6.07) is 7.81. The zero-order valence-electron chi connectivity index (χ0n) is 12.2.